The fraction of sp³-hybridized carbons (Fsp3) is 0.429. The molecule has 3 nitrogen and oxygen atoms in total. The summed E-state index contributed by atoms with van der Waals surface area (Å²) in [6.45, 7) is 5.68. The monoisotopic (exact) mass is 169 g/mol. The van der Waals surface area contributed by atoms with Crippen LogP contribution in [-0.4, -0.2) is 11.5 Å². The van der Waals surface area contributed by atoms with Crippen LogP contribution in [0.4, 0.5) is 0 Å². The lowest BCUT2D eigenvalue weighted by Crippen LogP contribution is -2.04. The summed E-state index contributed by atoms with van der Waals surface area (Å²) >= 11 is 4.27. The van der Waals surface area contributed by atoms with Gasteiger partial charge in [0, 0.05) is 10.6 Å². The van der Waals surface area contributed by atoms with Crippen LogP contribution in [-0.2, 0) is 0 Å². The molecule has 0 aromatic heterocycles. The molecular weight excluding hydrogens is 158 g/mol. The zero-order chi connectivity index (χ0) is 8.43. The van der Waals surface area contributed by atoms with Gasteiger partial charge in [-0.1, -0.05) is 0 Å². The first kappa shape index (κ1) is 8.33. The molecule has 1 aliphatic rings. The first-order valence-corrected chi connectivity index (χ1v) is 3.82. The minimum atomic E-state index is 0.728. The van der Waals surface area contributed by atoms with Gasteiger partial charge in [0.25, 0.3) is 0 Å². The number of allylic oxidation sites excluding steroid dienone is 2. The van der Waals surface area contributed by atoms with Crippen LogP contribution in [0.2, 0.25) is 0 Å². The highest BCUT2D eigenvalue weighted by molar-refractivity contribution is 7.85. The number of hydrogen-bond acceptors (Lipinski definition) is 4. The number of aliphatic imine (C=N–C) groups is 1. The Labute approximate surface area is 71.7 Å². The average Bonchev–Trinajstić information content (AvgIpc) is 2.05. The third-order valence-corrected chi connectivity index (χ3v) is 2.07. The van der Waals surface area contributed by atoms with E-state index in [1.165, 1.54) is 0 Å². The van der Waals surface area contributed by atoms with Crippen LogP contribution >= 0.6 is 12.6 Å². The minimum Gasteiger partial charge on any atom is -0.280 e. The van der Waals surface area contributed by atoms with E-state index in [4.69, 9.17) is 0 Å². The average molecular weight is 169 g/mol. The molecule has 0 amide bonds. The van der Waals surface area contributed by atoms with Crippen LogP contribution in [0, 0.1) is 0 Å². The largest absolute Gasteiger partial charge is 0.280 e. The minimum absolute atomic E-state index is 0.728. The van der Waals surface area contributed by atoms with Crippen molar-refractivity contribution in [1.82, 2.24) is 5.43 Å². The normalized spacial score (nSPS) is 18.5. The first-order valence-electron chi connectivity index (χ1n) is 3.37. The molecule has 0 atom stereocenters. The van der Waals surface area contributed by atoms with E-state index < -0.39 is 0 Å². The number of nitrogens with one attached hydrogen (secondary N) is 1. The summed E-state index contributed by atoms with van der Waals surface area (Å²) in [5.41, 5.74) is 4.69. The lowest BCUT2D eigenvalue weighted by atomic mass is 10.3. The molecule has 0 spiro atoms. The van der Waals surface area contributed by atoms with Crippen LogP contribution in [0.15, 0.2) is 20.7 Å². The highest BCUT2D eigenvalue weighted by Crippen LogP contribution is 2.11. The number of hydrazone groups is 1. The van der Waals surface area contributed by atoms with E-state index in [9.17, 15) is 0 Å². The molecular formula is C7H11N3S. The van der Waals surface area contributed by atoms with Crippen molar-refractivity contribution in [1.29, 1.82) is 0 Å². The number of nitrogens with zero attached hydrogens (tertiary/aromatic N) is 2. The van der Waals surface area contributed by atoms with Crippen molar-refractivity contribution in [2.75, 3.05) is 0 Å². The van der Waals surface area contributed by atoms with E-state index in [1.807, 2.05) is 20.8 Å². The van der Waals surface area contributed by atoms with Gasteiger partial charge in [0.1, 0.15) is 5.84 Å². The van der Waals surface area contributed by atoms with Gasteiger partial charge in [0.15, 0.2) is 0 Å². The molecule has 11 heavy (non-hydrogen) atoms. The van der Waals surface area contributed by atoms with E-state index in [0.717, 1.165) is 22.1 Å². The third-order valence-electron chi connectivity index (χ3n) is 1.41. The molecule has 60 valence electrons. The molecule has 0 aromatic carbocycles. The Kier molecular flexibility index (Phi) is 2.34. The third kappa shape index (κ3) is 1.83. The molecule has 1 aliphatic heterocycles. The first-order chi connectivity index (χ1) is 5.11. The van der Waals surface area contributed by atoms with E-state index in [2.05, 4.69) is 28.1 Å². The van der Waals surface area contributed by atoms with Crippen molar-refractivity contribution >= 4 is 24.2 Å². The maximum Gasteiger partial charge on any atom is 0.145 e. The molecule has 4 heteroatoms. The topological polar surface area (TPSA) is 36.8 Å². The predicted octanol–water partition coefficient (Wildman–Crippen LogP) is 1.55. The van der Waals surface area contributed by atoms with E-state index in [1.54, 1.807) is 0 Å². The quantitative estimate of drug-likeness (QED) is 0.530. The Balaban J connectivity index is 3.05. The number of thiol groups is 1. The fourth-order valence-corrected chi connectivity index (χ4v) is 0.910. The predicted molar refractivity (Wildman–Crippen MR) is 51.0 cm³/mol. The SMILES string of the molecule is CC1=NNC(C)=C(S)C(C)=N1. The van der Waals surface area contributed by atoms with Gasteiger partial charge in [-0.15, -0.1) is 12.6 Å². The van der Waals surface area contributed by atoms with Crippen LogP contribution < -0.4 is 5.43 Å². The van der Waals surface area contributed by atoms with E-state index >= 15 is 0 Å². The van der Waals surface area contributed by atoms with Crippen molar-refractivity contribution in [3.63, 3.8) is 0 Å². The van der Waals surface area contributed by atoms with Gasteiger partial charge in [-0.2, -0.15) is 5.10 Å². The molecule has 1 heterocycles. The Bertz CT molecular complexity index is 263. The molecule has 0 fully saturated rings. The summed E-state index contributed by atoms with van der Waals surface area (Å²) in [5.74, 6) is 0.728. The Morgan fingerprint density at radius 2 is 1.91 bits per heavy atom. The van der Waals surface area contributed by atoms with Crippen LogP contribution in [0.25, 0.3) is 0 Å². The summed E-state index contributed by atoms with van der Waals surface area (Å²) < 4.78 is 0. The second-order valence-electron chi connectivity index (χ2n) is 2.44. The molecule has 0 unspecified atom stereocenters. The summed E-state index contributed by atoms with van der Waals surface area (Å²) in [4.78, 5) is 5.04. The van der Waals surface area contributed by atoms with Crippen LogP contribution in [0.5, 0.6) is 0 Å². The maximum absolute atomic E-state index is 4.27. The number of amidine groups is 1. The molecule has 1 N–H and O–H groups in total. The summed E-state index contributed by atoms with van der Waals surface area (Å²) in [5, 5.41) is 3.98. The Hall–Kier alpha value is -0.770. The van der Waals surface area contributed by atoms with Gasteiger partial charge in [0.05, 0.1) is 5.71 Å². The van der Waals surface area contributed by atoms with Gasteiger partial charge in [0.2, 0.25) is 0 Å². The smallest absolute Gasteiger partial charge is 0.145 e. The standard InChI is InChI=1S/C7H11N3S/c1-4-7(11)5(2)9-10-6(3)8-4/h9,11H,1-3H3. The Morgan fingerprint density at radius 1 is 1.27 bits per heavy atom. The molecule has 0 saturated carbocycles. The highest BCUT2D eigenvalue weighted by Gasteiger charge is 2.05. The molecule has 1 rings (SSSR count). The van der Waals surface area contributed by atoms with E-state index in [0.29, 0.717) is 0 Å². The summed E-state index contributed by atoms with van der Waals surface area (Å²) in [6.07, 6.45) is 0. The van der Waals surface area contributed by atoms with Crippen LogP contribution in [0.1, 0.15) is 20.8 Å². The fourth-order valence-electron chi connectivity index (χ4n) is 0.810. The lowest BCUT2D eigenvalue weighted by molar-refractivity contribution is 0.887. The van der Waals surface area contributed by atoms with Crippen molar-refractivity contribution in [2.45, 2.75) is 20.8 Å². The maximum atomic E-state index is 4.27. The van der Waals surface area contributed by atoms with Gasteiger partial charge in [-0.05, 0) is 20.8 Å². The number of hydrogen-bond donors (Lipinski definition) is 2. The van der Waals surface area contributed by atoms with Crippen molar-refractivity contribution < 1.29 is 0 Å². The zero-order valence-electron chi connectivity index (χ0n) is 6.84. The summed E-state index contributed by atoms with van der Waals surface area (Å²) in [7, 11) is 0. The molecule has 0 aromatic rings. The molecule has 0 bridgehead atoms. The Morgan fingerprint density at radius 3 is 2.55 bits per heavy atom. The van der Waals surface area contributed by atoms with Gasteiger partial charge < -0.3 is 0 Å². The van der Waals surface area contributed by atoms with Crippen molar-refractivity contribution in [3.05, 3.63) is 10.6 Å². The second kappa shape index (κ2) is 3.09. The second-order valence-corrected chi connectivity index (χ2v) is 2.89. The van der Waals surface area contributed by atoms with Crippen molar-refractivity contribution in [3.8, 4) is 0 Å². The van der Waals surface area contributed by atoms with Gasteiger partial charge >= 0.3 is 0 Å². The van der Waals surface area contributed by atoms with E-state index in [-0.39, 0.29) is 0 Å². The van der Waals surface area contributed by atoms with Gasteiger partial charge in [-0.25, -0.2) is 4.99 Å². The molecule has 0 saturated heterocycles. The lowest BCUT2D eigenvalue weighted by Gasteiger charge is -2.00. The molecule has 0 aliphatic carbocycles. The zero-order valence-corrected chi connectivity index (χ0v) is 7.74. The van der Waals surface area contributed by atoms with Gasteiger partial charge in [-0.3, -0.25) is 5.43 Å². The summed E-state index contributed by atoms with van der Waals surface area (Å²) in [6, 6.07) is 0. The van der Waals surface area contributed by atoms with Crippen molar-refractivity contribution in [2.24, 2.45) is 10.1 Å². The van der Waals surface area contributed by atoms with Crippen LogP contribution in [0.3, 0.4) is 0 Å². The highest BCUT2D eigenvalue weighted by atomic mass is 32.1. The number of rotatable bonds is 0. The molecule has 0 radical (unpaired) electrons.